The van der Waals surface area contributed by atoms with Crippen molar-refractivity contribution in [1.29, 1.82) is 0 Å². The van der Waals surface area contributed by atoms with E-state index in [1.165, 1.54) is 0 Å². The molecule has 0 saturated carbocycles. The van der Waals surface area contributed by atoms with Gasteiger partial charge in [-0.2, -0.15) is 0 Å². The Labute approximate surface area is 116 Å². The lowest BCUT2D eigenvalue weighted by Crippen LogP contribution is -1.97. The predicted molar refractivity (Wildman–Crippen MR) is 83.0 cm³/mol. The largest absolute Gasteiger partial charge is 0.458 e. The van der Waals surface area contributed by atoms with Gasteiger partial charge in [0.15, 0.2) is 0 Å². The zero-order chi connectivity index (χ0) is 14.1. The van der Waals surface area contributed by atoms with Crippen molar-refractivity contribution in [3.05, 3.63) is 53.8 Å². The van der Waals surface area contributed by atoms with E-state index >= 15 is 0 Å². The van der Waals surface area contributed by atoms with Crippen LogP contribution in [-0.2, 0) is 0 Å². The maximum absolute atomic E-state index is 5.76. The summed E-state index contributed by atoms with van der Waals surface area (Å²) in [6.45, 7) is 6.00. The van der Waals surface area contributed by atoms with E-state index in [0.29, 0.717) is 0 Å². The molecule has 0 radical (unpaired) electrons. The van der Waals surface area contributed by atoms with E-state index in [1.54, 1.807) is 7.05 Å². The summed E-state index contributed by atoms with van der Waals surface area (Å²) >= 11 is 0. The van der Waals surface area contributed by atoms with E-state index in [9.17, 15) is 0 Å². The molecule has 102 valence electrons. The molecule has 2 nitrogen and oxygen atoms in total. The van der Waals surface area contributed by atoms with Crippen LogP contribution in [0.15, 0.2) is 53.2 Å². The van der Waals surface area contributed by atoms with Gasteiger partial charge in [0, 0.05) is 12.8 Å². The molecule has 0 unspecified atom stereocenters. The van der Waals surface area contributed by atoms with Gasteiger partial charge in [0.05, 0.1) is 0 Å². The Bertz CT molecular complexity index is 467. The number of hydrogen-bond acceptors (Lipinski definition) is 2. The highest BCUT2D eigenvalue weighted by molar-refractivity contribution is 5.98. The Morgan fingerprint density at radius 1 is 1.11 bits per heavy atom. The smallest absolute Gasteiger partial charge is 0.127 e. The molecule has 0 aliphatic heterocycles. The molecular formula is C17H23NO. The topological polar surface area (TPSA) is 21.6 Å². The average molecular weight is 257 g/mol. The summed E-state index contributed by atoms with van der Waals surface area (Å²) < 4.78 is 5.76. The lowest BCUT2D eigenvalue weighted by molar-refractivity contribution is 0.439. The molecular weight excluding hydrogens is 234 g/mol. The van der Waals surface area contributed by atoms with E-state index in [0.717, 1.165) is 35.6 Å². The lowest BCUT2D eigenvalue weighted by atomic mass is 10.1. The van der Waals surface area contributed by atoms with Gasteiger partial charge in [-0.15, -0.1) is 0 Å². The maximum Gasteiger partial charge on any atom is 0.127 e. The van der Waals surface area contributed by atoms with Crippen LogP contribution >= 0.6 is 0 Å². The summed E-state index contributed by atoms with van der Waals surface area (Å²) in [6, 6.07) is 8.02. The average Bonchev–Trinajstić information content (AvgIpc) is 2.50. The van der Waals surface area contributed by atoms with Crippen LogP contribution in [0, 0.1) is 0 Å². The summed E-state index contributed by atoms with van der Waals surface area (Å²) in [4.78, 5) is 4.16. The number of hydrogen-bond donors (Lipinski definition) is 0. The van der Waals surface area contributed by atoms with Crippen LogP contribution in [0.1, 0.15) is 39.2 Å². The number of nitrogens with zero attached hydrogens (tertiary/aromatic N) is 1. The molecule has 0 fully saturated rings. The van der Waals surface area contributed by atoms with Gasteiger partial charge in [0.1, 0.15) is 11.5 Å². The molecule has 19 heavy (non-hydrogen) atoms. The zero-order valence-corrected chi connectivity index (χ0v) is 12.3. The van der Waals surface area contributed by atoms with E-state index in [4.69, 9.17) is 4.74 Å². The van der Waals surface area contributed by atoms with Crippen molar-refractivity contribution in [2.24, 2.45) is 4.99 Å². The second-order valence-electron chi connectivity index (χ2n) is 4.02. The molecule has 0 saturated heterocycles. The molecule has 1 aliphatic rings. The Morgan fingerprint density at radius 2 is 1.79 bits per heavy atom. The summed E-state index contributed by atoms with van der Waals surface area (Å²) in [5.41, 5.74) is 2.17. The molecule has 0 amide bonds. The van der Waals surface area contributed by atoms with Gasteiger partial charge >= 0.3 is 0 Å². The van der Waals surface area contributed by atoms with Crippen molar-refractivity contribution >= 4 is 5.71 Å². The number of ether oxygens (including phenoxy) is 1. The molecule has 1 aromatic rings. The third kappa shape index (κ3) is 4.74. The third-order valence-corrected chi connectivity index (χ3v) is 2.80. The van der Waals surface area contributed by atoms with E-state index < -0.39 is 0 Å². The van der Waals surface area contributed by atoms with Gasteiger partial charge in [-0.05, 0) is 61.7 Å². The molecule has 0 N–H and O–H groups in total. The van der Waals surface area contributed by atoms with E-state index in [1.807, 2.05) is 51.1 Å². The normalized spacial score (nSPS) is 14.3. The van der Waals surface area contributed by atoms with Gasteiger partial charge in [-0.25, -0.2) is 0 Å². The highest BCUT2D eigenvalue weighted by Gasteiger charge is 2.01. The summed E-state index contributed by atoms with van der Waals surface area (Å²) in [5, 5.41) is 0. The van der Waals surface area contributed by atoms with E-state index in [-0.39, 0.29) is 0 Å². The minimum atomic E-state index is 0.871. The van der Waals surface area contributed by atoms with Gasteiger partial charge in [0.25, 0.3) is 0 Å². The minimum Gasteiger partial charge on any atom is -0.458 e. The molecule has 2 rings (SSSR count). The predicted octanol–water partition coefficient (Wildman–Crippen LogP) is 4.76. The Balaban J connectivity index is 0.000000861. The summed E-state index contributed by atoms with van der Waals surface area (Å²) in [6.07, 6.45) is 8.45. The standard InChI is InChI=1S/C15H17NO.C2H6/c1-12(16-2)13-8-10-15(11-9-13)17-14-6-4-3-5-7-14;1-2/h4,6-11H,3,5H2,1-2H3;1-2H3. The molecule has 0 heterocycles. The number of aliphatic imine (C=N–C) groups is 1. The molecule has 0 aromatic heterocycles. The Hall–Kier alpha value is -1.83. The molecule has 1 aliphatic carbocycles. The van der Waals surface area contributed by atoms with Crippen LogP contribution in [0.2, 0.25) is 0 Å². The lowest BCUT2D eigenvalue weighted by Gasteiger charge is -2.09. The number of rotatable bonds is 3. The summed E-state index contributed by atoms with van der Waals surface area (Å²) in [7, 11) is 1.80. The van der Waals surface area contributed by atoms with Crippen LogP contribution in [0.4, 0.5) is 0 Å². The molecule has 1 aromatic carbocycles. The fourth-order valence-corrected chi connectivity index (χ4v) is 1.69. The first-order chi connectivity index (χ1) is 9.29. The second-order valence-corrected chi connectivity index (χ2v) is 4.02. The Kier molecular flexibility index (Phi) is 6.65. The highest BCUT2D eigenvalue weighted by Crippen LogP contribution is 2.18. The van der Waals surface area contributed by atoms with Gasteiger partial charge < -0.3 is 4.74 Å². The molecule has 0 spiro atoms. The van der Waals surface area contributed by atoms with Crippen molar-refractivity contribution in [3.8, 4) is 5.75 Å². The van der Waals surface area contributed by atoms with Crippen molar-refractivity contribution in [3.63, 3.8) is 0 Å². The van der Waals surface area contributed by atoms with Crippen molar-refractivity contribution < 1.29 is 4.74 Å². The second kappa shape index (κ2) is 8.30. The van der Waals surface area contributed by atoms with Crippen molar-refractivity contribution in [2.45, 2.75) is 33.6 Å². The first kappa shape index (κ1) is 15.2. The van der Waals surface area contributed by atoms with Crippen LogP contribution in [0.5, 0.6) is 5.75 Å². The molecule has 0 bridgehead atoms. The van der Waals surface area contributed by atoms with Gasteiger partial charge in [-0.3, -0.25) is 4.99 Å². The van der Waals surface area contributed by atoms with Gasteiger partial charge in [0.2, 0.25) is 0 Å². The van der Waals surface area contributed by atoms with Gasteiger partial charge in [-0.1, -0.05) is 19.9 Å². The first-order valence-corrected chi connectivity index (χ1v) is 6.88. The quantitative estimate of drug-likeness (QED) is 0.715. The highest BCUT2D eigenvalue weighted by atomic mass is 16.5. The number of allylic oxidation sites excluding steroid dienone is 3. The van der Waals surface area contributed by atoms with Crippen LogP contribution in [0.3, 0.4) is 0 Å². The monoisotopic (exact) mass is 257 g/mol. The maximum atomic E-state index is 5.76. The Morgan fingerprint density at radius 3 is 2.32 bits per heavy atom. The van der Waals surface area contributed by atoms with Crippen LogP contribution < -0.4 is 4.74 Å². The fraction of sp³-hybridized carbons (Fsp3) is 0.353. The molecule has 0 atom stereocenters. The zero-order valence-electron chi connectivity index (χ0n) is 12.3. The van der Waals surface area contributed by atoms with E-state index in [2.05, 4.69) is 17.1 Å². The minimum absolute atomic E-state index is 0.871. The first-order valence-electron chi connectivity index (χ1n) is 6.88. The van der Waals surface area contributed by atoms with Crippen LogP contribution in [0.25, 0.3) is 0 Å². The van der Waals surface area contributed by atoms with Crippen molar-refractivity contribution in [1.82, 2.24) is 0 Å². The molecule has 2 heteroatoms. The number of benzene rings is 1. The van der Waals surface area contributed by atoms with Crippen molar-refractivity contribution in [2.75, 3.05) is 7.05 Å². The SMILES string of the molecule is CC.CN=C(C)c1ccc(OC2=CCCC=C2)cc1. The summed E-state index contributed by atoms with van der Waals surface area (Å²) in [5.74, 6) is 1.81. The third-order valence-electron chi connectivity index (χ3n) is 2.80. The fourth-order valence-electron chi connectivity index (χ4n) is 1.69. The van der Waals surface area contributed by atoms with Crippen LogP contribution in [-0.4, -0.2) is 12.8 Å².